The molecule has 2 N–H and O–H groups in total. The van der Waals surface area contributed by atoms with Gasteiger partial charge in [0.25, 0.3) is 0 Å². The van der Waals surface area contributed by atoms with Gasteiger partial charge in [0.15, 0.2) is 11.5 Å². The number of imidazole rings is 1. The molecule has 0 amide bonds. The van der Waals surface area contributed by atoms with Crippen molar-refractivity contribution < 1.29 is 0 Å². The summed E-state index contributed by atoms with van der Waals surface area (Å²) in [7, 11) is 0. The van der Waals surface area contributed by atoms with Crippen LogP contribution in [0.2, 0.25) is 5.28 Å². The Hall–Kier alpha value is -2.65. The molecule has 92 valence electrons. The van der Waals surface area contributed by atoms with Gasteiger partial charge in [-0.05, 0) is 35.9 Å². The van der Waals surface area contributed by atoms with Gasteiger partial charge in [-0.1, -0.05) is 0 Å². The lowest BCUT2D eigenvalue weighted by Crippen LogP contribution is -1.97. The first kappa shape index (κ1) is 11.4. The van der Waals surface area contributed by atoms with Crippen molar-refractivity contribution >= 4 is 34.3 Å². The highest BCUT2D eigenvalue weighted by Crippen LogP contribution is 2.22. The van der Waals surface area contributed by atoms with Crippen LogP contribution in [0.4, 0.5) is 11.5 Å². The van der Waals surface area contributed by atoms with Crippen molar-refractivity contribution in [2.75, 3.05) is 5.32 Å². The van der Waals surface area contributed by atoms with Crippen LogP contribution in [-0.4, -0.2) is 19.9 Å². The van der Waals surface area contributed by atoms with Gasteiger partial charge in [-0.25, -0.2) is 4.98 Å². The molecule has 6 nitrogen and oxygen atoms in total. The minimum Gasteiger partial charge on any atom is -0.340 e. The Morgan fingerprint density at radius 3 is 2.74 bits per heavy atom. The second-order valence-corrected chi connectivity index (χ2v) is 4.09. The summed E-state index contributed by atoms with van der Waals surface area (Å²) in [5, 5.41) is 12.0. The normalized spacial score (nSPS) is 10.3. The molecular formula is C12H7ClN6. The van der Waals surface area contributed by atoms with E-state index in [-0.39, 0.29) is 5.28 Å². The second kappa shape index (κ2) is 4.55. The van der Waals surface area contributed by atoms with E-state index in [1.165, 1.54) is 6.33 Å². The molecule has 0 aliphatic heterocycles. The summed E-state index contributed by atoms with van der Waals surface area (Å²) in [6.45, 7) is 0. The lowest BCUT2D eigenvalue weighted by Gasteiger charge is -2.06. The maximum atomic E-state index is 8.75. The Labute approximate surface area is 113 Å². The van der Waals surface area contributed by atoms with E-state index in [0.717, 1.165) is 5.69 Å². The third-order valence-corrected chi connectivity index (χ3v) is 2.70. The molecule has 0 fully saturated rings. The van der Waals surface area contributed by atoms with Crippen molar-refractivity contribution in [1.82, 2.24) is 19.9 Å². The lowest BCUT2D eigenvalue weighted by atomic mass is 10.2. The van der Waals surface area contributed by atoms with Crippen LogP contribution in [0.1, 0.15) is 5.56 Å². The summed E-state index contributed by atoms with van der Waals surface area (Å²) in [5.74, 6) is 0.539. The Morgan fingerprint density at radius 1 is 1.21 bits per heavy atom. The molecule has 0 radical (unpaired) electrons. The Morgan fingerprint density at radius 2 is 2.00 bits per heavy atom. The number of rotatable bonds is 2. The first-order chi connectivity index (χ1) is 9.26. The molecule has 0 aliphatic carbocycles. The summed E-state index contributed by atoms with van der Waals surface area (Å²) in [5.41, 5.74) is 2.56. The standard InChI is InChI=1S/C12H7ClN6/c13-12-18-10-9(15-6-16-10)11(19-12)17-8-3-1-7(5-14)2-4-8/h1-4,6H,(H2,15,16,17,18,19). The van der Waals surface area contributed by atoms with Gasteiger partial charge in [-0.3, -0.25) is 0 Å². The molecule has 1 aromatic carbocycles. The predicted octanol–water partition coefficient (Wildman–Crippen LogP) is 2.62. The topological polar surface area (TPSA) is 90.3 Å². The largest absolute Gasteiger partial charge is 0.340 e. The highest BCUT2D eigenvalue weighted by atomic mass is 35.5. The lowest BCUT2D eigenvalue weighted by molar-refractivity contribution is 1.20. The molecule has 7 heteroatoms. The highest BCUT2D eigenvalue weighted by molar-refractivity contribution is 6.28. The molecule has 0 saturated heterocycles. The molecular weight excluding hydrogens is 264 g/mol. The number of halogens is 1. The van der Waals surface area contributed by atoms with E-state index in [1.807, 2.05) is 0 Å². The molecule has 2 heterocycles. The summed E-state index contributed by atoms with van der Waals surface area (Å²) in [4.78, 5) is 15.1. The molecule has 0 unspecified atom stereocenters. The summed E-state index contributed by atoms with van der Waals surface area (Å²) < 4.78 is 0. The van der Waals surface area contributed by atoms with Crippen molar-refractivity contribution in [3.8, 4) is 6.07 Å². The van der Waals surface area contributed by atoms with Crippen LogP contribution in [0.3, 0.4) is 0 Å². The van der Waals surface area contributed by atoms with E-state index < -0.39 is 0 Å². The first-order valence-electron chi connectivity index (χ1n) is 5.40. The number of H-pyrrole nitrogens is 1. The van der Waals surface area contributed by atoms with E-state index in [0.29, 0.717) is 22.5 Å². The van der Waals surface area contributed by atoms with Crippen LogP contribution in [0.5, 0.6) is 0 Å². The van der Waals surface area contributed by atoms with E-state index in [1.54, 1.807) is 24.3 Å². The predicted molar refractivity (Wildman–Crippen MR) is 71.1 cm³/mol. The fourth-order valence-corrected chi connectivity index (χ4v) is 1.83. The smallest absolute Gasteiger partial charge is 0.226 e. The molecule has 0 atom stereocenters. The van der Waals surface area contributed by atoms with Crippen LogP contribution in [0.15, 0.2) is 30.6 Å². The van der Waals surface area contributed by atoms with Gasteiger partial charge >= 0.3 is 0 Å². The molecule has 0 spiro atoms. The number of nitriles is 1. The molecule has 0 saturated carbocycles. The van der Waals surface area contributed by atoms with Crippen molar-refractivity contribution in [1.29, 1.82) is 5.26 Å². The minimum absolute atomic E-state index is 0.121. The third kappa shape index (κ3) is 2.19. The number of nitrogens with one attached hydrogen (secondary N) is 2. The summed E-state index contributed by atoms with van der Waals surface area (Å²) in [6.07, 6.45) is 1.53. The molecule has 3 rings (SSSR count). The zero-order valence-electron chi connectivity index (χ0n) is 9.55. The van der Waals surface area contributed by atoms with E-state index in [2.05, 4.69) is 31.3 Å². The van der Waals surface area contributed by atoms with Crippen LogP contribution < -0.4 is 5.32 Å². The van der Waals surface area contributed by atoms with Crippen molar-refractivity contribution in [2.24, 2.45) is 0 Å². The summed E-state index contributed by atoms with van der Waals surface area (Å²) in [6, 6.07) is 9.07. The van der Waals surface area contributed by atoms with Crippen LogP contribution in [0.25, 0.3) is 11.2 Å². The summed E-state index contributed by atoms with van der Waals surface area (Å²) >= 11 is 5.84. The SMILES string of the molecule is N#Cc1ccc(Nc2nc(Cl)nc3nc[nH]c23)cc1. The van der Waals surface area contributed by atoms with Gasteiger partial charge in [0.05, 0.1) is 18.0 Å². The molecule has 0 aliphatic rings. The van der Waals surface area contributed by atoms with Crippen LogP contribution >= 0.6 is 11.6 Å². The average molecular weight is 271 g/mol. The quantitative estimate of drug-likeness (QED) is 0.699. The minimum atomic E-state index is 0.121. The number of hydrogen-bond donors (Lipinski definition) is 2. The number of fused-ring (bicyclic) bond motifs is 1. The second-order valence-electron chi connectivity index (χ2n) is 3.76. The molecule has 3 aromatic rings. The van der Waals surface area contributed by atoms with Crippen LogP contribution in [0, 0.1) is 11.3 Å². The van der Waals surface area contributed by atoms with Gasteiger partial charge in [-0.2, -0.15) is 15.2 Å². The van der Waals surface area contributed by atoms with Crippen molar-refractivity contribution in [3.05, 3.63) is 41.4 Å². The molecule has 2 aromatic heterocycles. The highest BCUT2D eigenvalue weighted by Gasteiger charge is 2.08. The molecule has 0 bridgehead atoms. The van der Waals surface area contributed by atoms with Gasteiger partial charge in [0.1, 0.15) is 5.52 Å². The third-order valence-electron chi connectivity index (χ3n) is 2.54. The number of benzene rings is 1. The monoisotopic (exact) mass is 270 g/mol. The average Bonchev–Trinajstić information content (AvgIpc) is 2.88. The van der Waals surface area contributed by atoms with Crippen molar-refractivity contribution in [2.45, 2.75) is 0 Å². The zero-order chi connectivity index (χ0) is 13.2. The maximum absolute atomic E-state index is 8.75. The fourth-order valence-electron chi connectivity index (χ4n) is 1.66. The zero-order valence-corrected chi connectivity index (χ0v) is 10.3. The number of nitrogens with zero attached hydrogens (tertiary/aromatic N) is 4. The number of aromatic nitrogens is 4. The van der Waals surface area contributed by atoms with E-state index >= 15 is 0 Å². The molecule has 19 heavy (non-hydrogen) atoms. The van der Waals surface area contributed by atoms with Crippen LogP contribution in [-0.2, 0) is 0 Å². The number of anilines is 2. The Kier molecular flexibility index (Phi) is 2.74. The number of aromatic amines is 1. The van der Waals surface area contributed by atoms with Gasteiger partial charge in [0, 0.05) is 5.69 Å². The van der Waals surface area contributed by atoms with E-state index in [4.69, 9.17) is 16.9 Å². The van der Waals surface area contributed by atoms with Gasteiger partial charge in [-0.15, -0.1) is 0 Å². The first-order valence-corrected chi connectivity index (χ1v) is 5.78. The number of hydrogen-bond acceptors (Lipinski definition) is 5. The Balaban J connectivity index is 2.00. The Bertz CT molecular complexity index is 771. The van der Waals surface area contributed by atoms with Gasteiger partial charge < -0.3 is 10.3 Å². The maximum Gasteiger partial charge on any atom is 0.226 e. The van der Waals surface area contributed by atoms with Crippen molar-refractivity contribution in [3.63, 3.8) is 0 Å². The van der Waals surface area contributed by atoms with Gasteiger partial charge in [0.2, 0.25) is 5.28 Å². The fraction of sp³-hybridized carbons (Fsp3) is 0. The van der Waals surface area contributed by atoms with E-state index in [9.17, 15) is 0 Å².